The molecule has 2 fully saturated rings. The van der Waals surface area contributed by atoms with Crippen LogP contribution in [0, 0.1) is 0 Å². The van der Waals surface area contributed by atoms with Gasteiger partial charge >= 0.3 is 5.97 Å². The van der Waals surface area contributed by atoms with Crippen molar-refractivity contribution >= 4 is 27.4 Å². The summed E-state index contributed by atoms with van der Waals surface area (Å²) >= 11 is 0. The summed E-state index contributed by atoms with van der Waals surface area (Å²) in [6, 6.07) is 6.72. The number of para-hydroxylation sites is 1. The summed E-state index contributed by atoms with van der Waals surface area (Å²) in [7, 11) is -1.76. The maximum Gasteiger partial charge on any atom is 0.339 e. The van der Waals surface area contributed by atoms with E-state index in [4.69, 9.17) is 4.74 Å². The predicted molar refractivity (Wildman–Crippen MR) is 107 cm³/mol. The highest BCUT2D eigenvalue weighted by Crippen LogP contribution is 2.28. The molecule has 154 valence electrons. The molecule has 8 heteroatoms. The minimum Gasteiger partial charge on any atom is -0.465 e. The zero-order chi connectivity index (χ0) is 20.1. The van der Waals surface area contributed by atoms with Crippen LogP contribution in [-0.2, 0) is 19.4 Å². The number of amides is 1. The quantitative estimate of drug-likeness (QED) is 0.726. The van der Waals surface area contributed by atoms with Crippen LogP contribution in [0.1, 0.15) is 48.9 Å². The van der Waals surface area contributed by atoms with Crippen LogP contribution in [0.5, 0.6) is 0 Å². The van der Waals surface area contributed by atoms with E-state index in [1.165, 1.54) is 7.11 Å². The Morgan fingerprint density at radius 1 is 1.11 bits per heavy atom. The van der Waals surface area contributed by atoms with Gasteiger partial charge in [-0.15, -0.1) is 0 Å². The lowest BCUT2D eigenvalue weighted by molar-refractivity contribution is -0.134. The lowest BCUT2D eigenvalue weighted by Crippen LogP contribution is -2.50. The molecule has 2 aliphatic rings. The first-order valence-corrected chi connectivity index (χ1v) is 11.7. The molecule has 28 heavy (non-hydrogen) atoms. The van der Waals surface area contributed by atoms with Gasteiger partial charge < -0.3 is 15.0 Å². The monoisotopic (exact) mass is 408 g/mol. The molecule has 1 amide bonds. The summed E-state index contributed by atoms with van der Waals surface area (Å²) in [5.74, 6) is -0.393. The van der Waals surface area contributed by atoms with Gasteiger partial charge in [-0.05, 0) is 31.4 Å². The molecule has 0 spiro atoms. The summed E-state index contributed by atoms with van der Waals surface area (Å²) < 4.78 is 28.7. The summed E-state index contributed by atoms with van der Waals surface area (Å²) in [4.78, 5) is 26.9. The number of carbonyl (C=O) groups excluding carboxylic acids is 2. The Kier molecular flexibility index (Phi) is 6.59. The van der Waals surface area contributed by atoms with Crippen LogP contribution in [0.15, 0.2) is 24.3 Å². The van der Waals surface area contributed by atoms with E-state index in [0.29, 0.717) is 17.7 Å². The third-order valence-electron chi connectivity index (χ3n) is 5.62. The number of hydrogen-bond acceptors (Lipinski definition) is 6. The molecule has 1 unspecified atom stereocenters. The average Bonchev–Trinajstić information content (AvgIpc) is 3.06. The van der Waals surface area contributed by atoms with Crippen molar-refractivity contribution in [2.45, 2.75) is 50.6 Å². The van der Waals surface area contributed by atoms with Gasteiger partial charge in [-0.1, -0.05) is 31.4 Å². The first-order chi connectivity index (χ1) is 13.4. The van der Waals surface area contributed by atoms with Crippen molar-refractivity contribution in [3.8, 4) is 0 Å². The summed E-state index contributed by atoms with van der Waals surface area (Å²) in [5, 5.41) is 3.05. The fraction of sp³-hybridized carbons (Fsp3) is 0.600. The van der Waals surface area contributed by atoms with Gasteiger partial charge in [0, 0.05) is 17.8 Å². The second kappa shape index (κ2) is 8.94. The Morgan fingerprint density at radius 2 is 1.82 bits per heavy atom. The molecule has 0 bridgehead atoms. The summed E-state index contributed by atoms with van der Waals surface area (Å²) in [5.41, 5.74) is 0.899. The SMILES string of the molecule is COC(=O)c1ccccc1NCC(=O)N(C1CCCCC1)C1CCS(=O)(=O)C1. The molecular weight excluding hydrogens is 380 g/mol. The van der Waals surface area contributed by atoms with Gasteiger partial charge in [0.15, 0.2) is 9.84 Å². The van der Waals surface area contributed by atoms with Gasteiger partial charge in [-0.2, -0.15) is 0 Å². The first kappa shape index (κ1) is 20.6. The maximum atomic E-state index is 13.1. The van der Waals surface area contributed by atoms with E-state index in [1.54, 1.807) is 24.3 Å². The van der Waals surface area contributed by atoms with Crippen molar-refractivity contribution in [1.29, 1.82) is 0 Å². The van der Waals surface area contributed by atoms with Gasteiger partial charge in [0.2, 0.25) is 5.91 Å². The largest absolute Gasteiger partial charge is 0.465 e. The first-order valence-electron chi connectivity index (χ1n) is 9.84. The summed E-state index contributed by atoms with van der Waals surface area (Å²) in [6.07, 6.45) is 5.62. The fourth-order valence-corrected chi connectivity index (χ4v) is 5.96. The number of nitrogens with one attached hydrogen (secondary N) is 1. The Morgan fingerprint density at radius 3 is 2.46 bits per heavy atom. The maximum absolute atomic E-state index is 13.1. The molecule has 0 radical (unpaired) electrons. The van der Waals surface area contributed by atoms with Gasteiger partial charge in [0.25, 0.3) is 0 Å². The minimum absolute atomic E-state index is 0.0149. The van der Waals surface area contributed by atoms with Crippen LogP contribution in [0.2, 0.25) is 0 Å². The highest BCUT2D eigenvalue weighted by Gasteiger charge is 2.38. The molecule has 1 aromatic carbocycles. The standard InChI is InChI=1S/C20H28N2O5S/c1-27-20(24)17-9-5-6-10-18(17)21-13-19(23)22(15-7-3-2-4-8-15)16-11-12-28(25,26)14-16/h5-6,9-10,15-16,21H,2-4,7-8,11-14H2,1H3. The van der Waals surface area contributed by atoms with Gasteiger partial charge in [-0.25, -0.2) is 13.2 Å². The molecule has 3 rings (SSSR count). The molecule has 1 saturated carbocycles. The van der Waals surface area contributed by atoms with Gasteiger partial charge in [0.1, 0.15) is 0 Å². The molecule has 1 aliphatic carbocycles. The van der Waals surface area contributed by atoms with Crippen molar-refractivity contribution in [1.82, 2.24) is 4.90 Å². The van der Waals surface area contributed by atoms with Gasteiger partial charge in [-0.3, -0.25) is 4.79 Å². The summed E-state index contributed by atoms with van der Waals surface area (Å²) in [6.45, 7) is 0.0149. The van der Waals surface area contributed by atoms with Crippen molar-refractivity contribution in [2.75, 3.05) is 30.5 Å². The van der Waals surface area contributed by atoms with E-state index >= 15 is 0 Å². The van der Waals surface area contributed by atoms with Crippen LogP contribution in [0.4, 0.5) is 5.69 Å². The van der Waals surface area contributed by atoms with E-state index in [0.717, 1.165) is 32.1 Å². The Hall–Kier alpha value is -2.09. The van der Waals surface area contributed by atoms with E-state index < -0.39 is 15.8 Å². The lowest BCUT2D eigenvalue weighted by atomic mass is 9.93. The van der Waals surface area contributed by atoms with Crippen molar-refractivity contribution < 1.29 is 22.7 Å². The number of anilines is 1. The molecule has 1 atom stereocenters. The van der Waals surface area contributed by atoms with Crippen molar-refractivity contribution in [2.24, 2.45) is 0 Å². The van der Waals surface area contributed by atoms with E-state index in [9.17, 15) is 18.0 Å². The zero-order valence-electron chi connectivity index (χ0n) is 16.2. The topological polar surface area (TPSA) is 92.8 Å². The van der Waals surface area contributed by atoms with Crippen LogP contribution in [-0.4, -0.2) is 62.4 Å². The van der Waals surface area contributed by atoms with Crippen LogP contribution < -0.4 is 5.32 Å². The third-order valence-corrected chi connectivity index (χ3v) is 7.37. The zero-order valence-corrected chi connectivity index (χ0v) is 17.0. The number of carbonyl (C=O) groups is 2. The highest BCUT2D eigenvalue weighted by atomic mass is 32.2. The van der Waals surface area contributed by atoms with Crippen molar-refractivity contribution in [3.63, 3.8) is 0 Å². The second-order valence-electron chi connectivity index (χ2n) is 7.54. The number of hydrogen-bond donors (Lipinski definition) is 1. The predicted octanol–water partition coefficient (Wildman–Crippen LogP) is 2.23. The Labute approximate surface area is 166 Å². The van der Waals surface area contributed by atoms with E-state index in [1.807, 2.05) is 4.90 Å². The number of sulfone groups is 1. The number of benzene rings is 1. The second-order valence-corrected chi connectivity index (χ2v) is 9.77. The minimum atomic E-state index is -3.08. The lowest BCUT2D eigenvalue weighted by Gasteiger charge is -2.38. The average molecular weight is 409 g/mol. The number of methoxy groups -OCH3 is 1. The van der Waals surface area contributed by atoms with Crippen LogP contribution >= 0.6 is 0 Å². The molecule has 7 nitrogen and oxygen atoms in total. The normalized spacial score (nSPS) is 21.8. The van der Waals surface area contributed by atoms with Crippen LogP contribution in [0.25, 0.3) is 0 Å². The molecule has 1 saturated heterocycles. The molecule has 1 aliphatic heterocycles. The molecule has 1 aromatic rings. The van der Waals surface area contributed by atoms with E-state index in [2.05, 4.69) is 5.32 Å². The van der Waals surface area contributed by atoms with E-state index in [-0.39, 0.29) is 36.0 Å². The van der Waals surface area contributed by atoms with Gasteiger partial charge in [0.05, 0.1) is 30.7 Å². The fourth-order valence-electron chi connectivity index (χ4n) is 4.25. The molecule has 1 heterocycles. The number of nitrogens with zero attached hydrogens (tertiary/aromatic N) is 1. The molecular formula is C20H28N2O5S. The number of esters is 1. The Balaban J connectivity index is 1.74. The number of ether oxygens (including phenoxy) is 1. The van der Waals surface area contributed by atoms with Crippen molar-refractivity contribution in [3.05, 3.63) is 29.8 Å². The number of rotatable bonds is 6. The third kappa shape index (κ3) is 4.84. The smallest absolute Gasteiger partial charge is 0.339 e. The molecule has 1 N–H and O–H groups in total. The van der Waals surface area contributed by atoms with Crippen LogP contribution in [0.3, 0.4) is 0 Å². The Bertz CT molecular complexity index is 818. The highest BCUT2D eigenvalue weighted by molar-refractivity contribution is 7.91. The molecule has 0 aromatic heterocycles.